The summed E-state index contributed by atoms with van der Waals surface area (Å²) in [4.78, 5) is 0. The fourth-order valence-electron chi connectivity index (χ4n) is 2.58. The van der Waals surface area contributed by atoms with Crippen molar-refractivity contribution in [2.45, 2.75) is 53.0 Å². The molecule has 1 heteroatoms. The Balaban J connectivity index is 2.61. The molecule has 0 bridgehead atoms. The van der Waals surface area contributed by atoms with Gasteiger partial charge in [0.25, 0.3) is 0 Å². The predicted octanol–water partition coefficient (Wildman–Crippen LogP) is 3.06. The molecule has 1 rings (SSSR count). The van der Waals surface area contributed by atoms with E-state index in [4.69, 9.17) is 0 Å². The second-order valence-electron chi connectivity index (χ2n) is 5.13. The lowest BCUT2D eigenvalue weighted by molar-refractivity contribution is 0.229. The third-order valence-electron chi connectivity index (χ3n) is 3.38. The summed E-state index contributed by atoms with van der Waals surface area (Å²) in [6.45, 7) is 10.7. The van der Waals surface area contributed by atoms with E-state index in [0.29, 0.717) is 0 Å². The van der Waals surface area contributed by atoms with Gasteiger partial charge in [0.1, 0.15) is 0 Å². The topological polar surface area (TPSA) is 12.0 Å². The Hall–Kier alpha value is -0.0400. The molecular formula is C12H25N. The average Bonchev–Trinajstić information content (AvgIpc) is 2.27. The summed E-state index contributed by atoms with van der Waals surface area (Å²) in [5.74, 6) is 2.51. The SMILES string of the molecule is CC(C)C1CCCCNC1C(C)C. The van der Waals surface area contributed by atoms with E-state index in [1.807, 2.05) is 0 Å². The standard InChI is InChI=1S/C12H25N/c1-9(2)11-7-5-6-8-13-12(11)10(3)4/h9-13H,5-8H2,1-4H3. The molecule has 2 atom stereocenters. The molecule has 0 aromatic heterocycles. The van der Waals surface area contributed by atoms with Gasteiger partial charge in [-0.1, -0.05) is 34.1 Å². The molecule has 1 aliphatic heterocycles. The van der Waals surface area contributed by atoms with Gasteiger partial charge in [0.05, 0.1) is 0 Å². The van der Waals surface area contributed by atoms with Crippen LogP contribution in [0.4, 0.5) is 0 Å². The van der Waals surface area contributed by atoms with Crippen LogP contribution in [0.5, 0.6) is 0 Å². The highest BCUT2D eigenvalue weighted by atomic mass is 14.9. The highest BCUT2D eigenvalue weighted by Gasteiger charge is 2.27. The van der Waals surface area contributed by atoms with Crippen molar-refractivity contribution in [3.8, 4) is 0 Å². The lowest BCUT2D eigenvalue weighted by Gasteiger charge is -2.32. The summed E-state index contributed by atoms with van der Waals surface area (Å²) in [7, 11) is 0. The van der Waals surface area contributed by atoms with Gasteiger partial charge in [0.15, 0.2) is 0 Å². The molecule has 0 saturated carbocycles. The molecule has 13 heavy (non-hydrogen) atoms. The van der Waals surface area contributed by atoms with E-state index in [1.165, 1.54) is 25.8 Å². The van der Waals surface area contributed by atoms with Crippen LogP contribution in [-0.2, 0) is 0 Å². The fraction of sp³-hybridized carbons (Fsp3) is 1.00. The van der Waals surface area contributed by atoms with Crippen molar-refractivity contribution in [2.24, 2.45) is 17.8 Å². The number of rotatable bonds is 2. The zero-order valence-corrected chi connectivity index (χ0v) is 9.64. The Bertz CT molecular complexity index is 124. The third kappa shape index (κ3) is 2.98. The van der Waals surface area contributed by atoms with E-state index in [1.54, 1.807) is 0 Å². The highest BCUT2D eigenvalue weighted by molar-refractivity contribution is 4.83. The van der Waals surface area contributed by atoms with Crippen molar-refractivity contribution in [3.05, 3.63) is 0 Å². The van der Waals surface area contributed by atoms with Crippen LogP contribution in [0, 0.1) is 17.8 Å². The van der Waals surface area contributed by atoms with E-state index in [0.717, 1.165) is 23.8 Å². The molecule has 1 fully saturated rings. The highest BCUT2D eigenvalue weighted by Crippen LogP contribution is 2.28. The van der Waals surface area contributed by atoms with Gasteiger partial charge >= 0.3 is 0 Å². The summed E-state index contributed by atoms with van der Waals surface area (Å²) in [5, 5.41) is 3.71. The maximum atomic E-state index is 3.71. The molecule has 0 aromatic carbocycles. The van der Waals surface area contributed by atoms with Gasteiger partial charge in [-0.25, -0.2) is 0 Å². The van der Waals surface area contributed by atoms with Gasteiger partial charge in [0.2, 0.25) is 0 Å². The second kappa shape index (κ2) is 4.99. The van der Waals surface area contributed by atoms with E-state index in [9.17, 15) is 0 Å². The zero-order valence-electron chi connectivity index (χ0n) is 9.64. The number of hydrogen-bond acceptors (Lipinski definition) is 1. The minimum atomic E-state index is 0.752. The Kier molecular flexibility index (Phi) is 4.24. The Morgan fingerprint density at radius 2 is 1.69 bits per heavy atom. The van der Waals surface area contributed by atoms with Gasteiger partial charge in [-0.3, -0.25) is 0 Å². The molecule has 0 radical (unpaired) electrons. The van der Waals surface area contributed by atoms with Gasteiger partial charge in [0, 0.05) is 6.04 Å². The van der Waals surface area contributed by atoms with Crippen LogP contribution in [-0.4, -0.2) is 12.6 Å². The maximum Gasteiger partial charge on any atom is 0.0121 e. The van der Waals surface area contributed by atoms with Gasteiger partial charge in [-0.2, -0.15) is 0 Å². The fourth-order valence-corrected chi connectivity index (χ4v) is 2.58. The lowest BCUT2D eigenvalue weighted by Crippen LogP contribution is -2.41. The Morgan fingerprint density at radius 3 is 2.23 bits per heavy atom. The molecule has 0 spiro atoms. The monoisotopic (exact) mass is 183 g/mol. The molecule has 1 heterocycles. The number of nitrogens with one attached hydrogen (secondary N) is 1. The molecule has 0 aromatic rings. The molecule has 2 unspecified atom stereocenters. The first-order valence-corrected chi connectivity index (χ1v) is 5.86. The summed E-state index contributed by atoms with van der Waals surface area (Å²) < 4.78 is 0. The van der Waals surface area contributed by atoms with Gasteiger partial charge in [-0.15, -0.1) is 0 Å². The summed E-state index contributed by atoms with van der Waals surface area (Å²) in [5.41, 5.74) is 0. The van der Waals surface area contributed by atoms with E-state index in [2.05, 4.69) is 33.0 Å². The molecule has 1 nitrogen and oxygen atoms in total. The minimum Gasteiger partial charge on any atom is -0.313 e. The maximum absolute atomic E-state index is 3.71. The molecule has 0 amide bonds. The van der Waals surface area contributed by atoms with Crippen LogP contribution in [0.3, 0.4) is 0 Å². The van der Waals surface area contributed by atoms with E-state index in [-0.39, 0.29) is 0 Å². The van der Waals surface area contributed by atoms with Crippen molar-refractivity contribution >= 4 is 0 Å². The van der Waals surface area contributed by atoms with Crippen molar-refractivity contribution in [3.63, 3.8) is 0 Å². The summed E-state index contributed by atoms with van der Waals surface area (Å²) in [6, 6.07) is 0.752. The normalized spacial score (nSPS) is 30.9. The third-order valence-corrected chi connectivity index (χ3v) is 3.38. The molecule has 78 valence electrons. The first-order valence-electron chi connectivity index (χ1n) is 5.86. The van der Waals surface area contributed by atoms with Crippen molar-refractivity contribution in [1.29, 1.82) is 0 Å². The van der Waals surface area contributed by atoms with Crippen molar-refractivity contribution < 1.29 is 0 Å². The zero-order chi connectivity index (χ0) is 9.84. The van der Waals surface area contributed by atoms with Crippen LogP contribution in [0.1, 0.15) is 47.0 Å². The van der Waals surface area contributed by atoms with Crippen LogP contribution < -0.4 is 5.32 Å². The number of hydrogen-bond donors (Lipinski definition) is 1. The quantitative estimate of drug-likeness (QED) is 0.694. The largest absolute Gasteiger partial charge is 0.313 e. The predicted molar refractivity (Wildman–Crippen MR) is 58.8 cm³/mol. The second-order valence-corrected chi connectivity index (χ2v) is 5.13. The summed E-state index contributed by atoms with van der Waals surface area (Å²) >= 11 is 0. The van der Waals surface area contributed by atoms with Crippen LogP contribution in [0.25, 0.3) is 0 Å². The van der Waals surface area contributed by atoms with Gasteiger partial charge in [-0.05, 0) is 37.1 Å². The smallest absolute Gasteiger partial charge is 0.0121 e. The molecule has 1 N–H and O–H groups in total. The van der Waals surface area contributed by atoms with E-state index >= 15 is 0 Å². The van der Waals surface area contributed by atoms with Crippen LogP contribution >= 0.6 is 0 Å². The Morgan fingerprint density at radius 1 is 1.00 bits per heavy atom. The average molecular weight is 183 g/mol. The molecule has 1 aliphatic rings. The van der Waals surface area contributed by atoms with Crippen molar-refractivity contribution in [2.75, 3.05) is 6.54 Å². The molecular weight excluding hydrogens is 158 g/mol. The van der Waals surface area contributed by atoms with Gasteiger partial charge < -0.3 is 5.32 Å². The molecule has 1 saturated heterocycles. The molecule has 0 aliphatic carbocycles. The van der Waals surface area contributed by atoms with Crippen LogP contribution in [0.2, 0.25) is 0 Å². The van der Waals surface area contributed by atoms with Crippen LogP contribution in [0.15, 0.2) is 0 Å². The first-order chi connectivity index (χ1) is 6.13. The summed E-state index contributed by atoms with van der Waals surface area (Å²) in [6.07, 6.45) is 4.21. The van der Waals surface area contributed by atoms with E-state index < -0.39 is 0 Å². The van der Waals surface area contributed by atoms with Crippen molar-refractivity contribution in [1.82, 2.24) is 5.32 Å². The first kappa shape index (κ1) is 11.0. The Labute approximate surface area is 83.3 Å². The lowest BCUT2D eigenvalue weighted by atomic mass is 9.80. The minimum absolute atomic E-state index is 0.752.